The summed E-state index contributed by atoms with van der Waals surface area (Å²) in [5, 5.41) is 30.9. The first kappa shape index (κ1) is 30.1. The number of carbonyl (C=O) groups is 2. The summed E-state index contributed by atoms with van der Waals surface area (Å²) in [5.74, 6) is -1.36. The summed E-state index contributed by atoms with van der Waals surface area (Å²) in [6, 6.07) is 8.78. The van der Waals surface area contributed by atoms with Crippen molar-refractivity contribution in [3.05, 3.63) is 53.1 Å². The molecule has 34 heavy (non-hydrogen) atoms. The molecule has 0 fully saturated rings. The molecule has 0 aliphatic rings. The fourth-order valence-corrected chi connectivity index (χ4v) is 4.68. The van der Waals surface area contributed by atoms with Gasteiger partial charge in [0, 0.05) is 11.5 Å². The molecular weight excluding hydrogens is 471 g/mol. The largest absolute Gasteiger partial charge is 1.00 e. The van der Waals surface area contributed by atoms with Crippen molar-refractivity contribution in [3.63, 3.8) is 0 Å². The van der Waals surface area contributed by atoms with Crippen LogP contribution >= 0.6 is 0 Å². The molecule has 0 aliphatic carbocycles. The summed E-state index contributed by atoms with van der Waals surface area (Å²) < 4.78 is 30.9. The Kier molecular flexibility index (Phi) is 12.3. The van der Waals surface area contributed by atoms with Crippen molar-refractivity contribution < 1.29 is 67.6 Å². The molecule has 0 saturated carbocycles. The van der Waals surface area contributed by atoms with Gasteiger partial charge in [0.15, 0.2) is 15.6 Å². The number of ether oxygens (including phenoxy) is 1. The van der Waals surface area contributed by atoms with Crippen molar-refractivity contribution in [2.45, 2.75) is 57.0 Å². The number of sulfone groups is 1. The number of rotatable bonds is 13. The number of hydrogen-bond donors (Lipinski definition) is 2. The number of carboxylic acids is 1. The van der Waals surface area contributed by atoms with Crippen LogP contribution in [0, 0.1) is 0 Å². The molecule has 180 valence electrons. The van der Waals surface area contributed by atoms with E-state index in [1.54, 1.807) is 6.07 Å². The number of hydrogen-bond acceptors (Lipinski definition) is 8. The Labute approximate surface area is 222 Å². The van der Waals surface area contributed by atoms with Crippen molar-refractivity contribution in [3.8, 4) is 11.5 Å². The summed E-state index contributed by atoms with van der Waals surface area (Å²) >= 11 is 0. The molecule has 2 rings (SSSR count). The maximum Gasteiger partial charge on any atom is 1.00 e. The van der Waals surface area contributed by atoms with Crippen molar-refractivity contribution in [1.29, 1.82) is 0 Å². The number of carbonyl (C=O) groups excluding carboxylic acids is 2. The number of aromatic hydroxyl groups is 1. The van der Waals surface area contributed by atoms with Crippen LogP contribution in [0.1, 0.15) is 67.1 Å². The minimum absolute atomic E-state index is 0. The molecule has 2 N–H and O–H groups in total. The summed E-state index contributed by atoms with van der Waals surface area (Å²) in [7, 11) is -3.59. The third kappa shape index (κ3) is 8.39. The molecule has 1 atom stereocenters. The average molecular weight is 501 g/mol. The zero-order valence-corrected chi connectivity index (χ0v) is 22.6. The number of benzene rings is 2. The Morgan fingerprint density at radius 2 is 1.76 bits per heavy atom. The SMILES string of the molecule is CCCc1c(OCCCS(=O)(=O)c2ccc(C(O)CCC(=O)[O-])cc2)ccc(C(C)=O)c1O.[Na+]. The number of phenolic OH excluding ortho intramolecular Hbond substituents is 1. The number of aliphatic carboxylic acids is 1. The van der Waals surface area contributed by atoms with E-state index in [1.807, 2.05) is 6.92 Å². The molecule has 10 heteroatoms. The van der Waals surface area contributed by atoms with Crippen LogP contribution in [0.5, 0.6) is 11.5 Å². The number of aliphatic hydroxyl groups is 1. The van der Waals surface area contributed by atoms with E-state index in [9.17, 15) is 33.3 Å². The quantitative estimate of drug-likeness (QED) is 0.210. The predicted molar refractivity (Wildman–Crippen MR) is 120 cm³/mol. The van der Waals surface area contributed by atoms with Gasteiger partial charge in [0.05, 0.1) is 28.9 Å². The topological polar surface area (TPSA) is 141 Å². The molecule has 0 saturated heterocycles. The second-order valence-electron chi connectivity index (χ2n) is 7.76. The number of phenols is 1. The van der Waals surface area contributed by atoms with Gasteiger partial charge in [-0.15, -0.1) is 0 Å². The third-order valence-corrected chi connectivity index (χ3v) is 7.00. The zero-order chi connectivity index (χ0) is 24.6. The van der Waals surface area contributed by atoms with Crippen LogP contribution in [0.25, 0.3) is 0 Å². The van der Waals surface area contributed by atoms with Crippen molar-refractivity contribution in [2.75, 3.05) is 12.4 Å². The summed E-state index contributed by atoms with van der Waals surface area (Å²) in [5.41, 5.74) is 1.18. The molecule has 0 bridgehead atoms. The van der Waals surface area contributed by atoms with Crippen molar-refractivity contribution in [1.82, 2.24) is 0 Å². The van der Waals surface area contributed by atoms with Crippen LogP contribution in [0.2, 0.25) is 0 Å². The van der Waals surface area contributed by atoms with Gasteiger partial charge in [-0.25, -0.2) is 8.42 Å². The Morgan fingerprint density at radius 3 is 2.32 bits per heavy atom. The number of Topliss-reactive ketones (excluding diaryl/α,β-unsaturated/α-hetero) is 1. The molecule has 2 aromatic carbocycles. The monoisotopic (exact) mass is 500 g/mol. The molecule has 2 aromatic rings. The molecule has 1 unspecified atom stereocenters. The van der Waals surface area contributed by atoms with Gasteiger partial charge >= 0.3 is 29.6 Å². The van der Waals surface area contributed by atoms with Crippen LogP contribution in [-0.4, -0.2) is 42.7 Å². The van der Waals surface area contributed by atoms with Gasteiger partial charge in [0.2, 0.25) is 0 Å². The Bertz CT molecular complexity index is 1080. The number of carboxylic acid groups (broad SMARTS) is 1. The molecule has 0 radical (unpaired) electrons. The van der Waals surface area contributed by atoms with Crippen LogP contribution in [0.15, 0.2) is 41.3 Å². The van der Waals surface area contributed by atoms with Crippen molar-refractivity contribution in [2.24, 2.45) is 0 Å². The first-order chi connectivity index (χ1) is 15.6. The van der Waals surface area contributed by atoms with Gasteiger partial charge in [-0.05, 0) is 62.4 Å². The van der Waals surface area contributed by atoms with Crippen LogP contribution < -0.4 is 39.4 Å². The van der Waals surface area contributed by atoms with E-state index in [0.29, 0.717) is 23.3 Å². The molecule has 0 heterocycles. The van der Waals surface area contributed by atoms with Gasteiger partial charge in [-0.3, -0.25) is 4.79 Å². The van der Waals surface area contributed by atoms with E-state index < -0.39 is 21.9 Å². The van der Waals surface area contributed by atoms with E-state index in [4.69, 9.17) is 4.74 Å². The summed E-state index contributed by atoms with van der Waals surface area (Å²) in [6.45, 7) is 3.41. The maximum atomic E-state index is 12.6. The normalized spacial score (nSPS) is 12.0. The van der Waals surface area contributed by atoms with E-state index >= 15 is 0 Å². The molecule has 0 amide bonds. The first-order valence-electron chi connectivity index (χ1n) is 10.8. The van der Waals surface area contributed by atoms with Gasteiger partial charge < -0.3 is 24.9 Å². The van der Waals surface area contributed by atoms with Gasteiger partial charge in [0.25, 0.3) is 0 Å². The standard InChI is InChI=1S/C24H30O8S.Na/c1-3-5-20-22(12-10-19(16(2)25)24(20)29)32-14-4-15-33(30,31)18-8-6-17(7-9-18)21(26)11-13-23(27)28;/h6-10,12,21,26,29H,3-5,11,13-15H2,1-2H3,(H,27,28);/q;+1/p-1. The average Bonchev–Trinajstić information content (AvgIpc) is 2.77. The minimum Gasteiger partial charge on any atom is -0.550 e. The smallest absolute Gasteiger partial charge is 0.550 e. The second-order valence-corrected chi connectivity index (χ2v) is 9.87. The molecule has 8 nitrogen and oxygen atoms in total. The van der Waals surface area contributed by atoms with Gasteiger partial charge in [-0.2, -0.15) is 0 Å². The Hall–Kier alpha value is -1.91. The van der Waals surface area contributed by atoms with E-state index in [-0.39, 0.29) is 83.2 Å². The molecule has 0 aliphatic heterocycles. The molecule has 0 spiro atoms. The fraction of sp³-hybridized carbons (Fsp3) is 0.417. The van der Waals surface area contributed by atoms with E-state index in [1.165, 1.54) is 37.3 Å². The minimum atomic E-state index is -3.59. The Morgan fingerprint density at radius 1 is 1.12 bits per heavy atom. The van der Waals surface area contributed by atoms with E-state index in [0.717, 1.165) is 6.42 Å². The van der Waals surface area contributed by atoms with Gasteiger partial charge in [-0.1, -0.05) is 25.5 Å². The van der Waals surface area contributed by atoms with Crippen molar-refractivity contribution >= 4 is 21.6 Å². The van der Waals surface area contributed by atoms with Crippen LogP contribution in [0.4, 0.5) is 0 Å². The third-order valence-electron chi connectivity index (χ3n) is 5.18. The fourth-order valence-electron chi connectivity index (χ4n) is 3.40. The van der Waals surface area contributed by atoms with Crippen LogP contribution in [0.3, 0.4) is 0 Å². The van der Waals surface area contributed by atoms with Gasteiger partial charge in [0.1, 0.15) is 11.5 Å². The summed E-state index contributed by atoms with van der Waals surface area (Å²) in [4.78, 5) is 22.2. The zero-order valence-electron chi connectivity index (χ0n) is 19.7. The second kappa shape index (κ2) is 13.8. The molecule has 0 aromatic heterocycles. The number of ketones is 1. The Balaban J connectivity index is 0.00000578. The number of aliphatic hydroxyl groups excluding tert-OH is 1. The first-order valence-corrected chi connectivity index (χ1v) is 12.4. The maximum absolute atomic E-state index is 12.6. The predicted octanol–water partition coefficient (Wildman–Crippen LogP) is -0.642. The summed E-state index contributed by atoms with van der Waals surface area (Å²) in [6.07, 6.45) is 0.125. The molecular formula is C24H29NaO8S. The van der Waals surface area contributed by atoms with Crippen LogP contribution in [-0.2, 0) is 21.1 Å². The van der Waals surface area contributed by atoms with E-state index in [2.05, 4.69) is 0 Å².